The van der Waals surface area contributed by atoms with Crippen molar-refractivity contribution in [2.24, 2.45) is 0 Å². The zero-order valence-electron chi connectivity index (χ0n) is 14.5. The monoisotopic (exact) mass is 358 g/mol. The van der Waals surface area contributed by atoms with Crippen molar-refractivity contribution in [3.05, 3.63) is 51.7 Å². The molecule has 1 aromatic carbocycles. The second-order valence-corrected chi connectivity index (χ2v) is 7.26. The van der Waals surface area contributed by atoms with E-state index < -0.39 is 0 Å². The van der Waals surface area contributed by atoms with Gasteiger partial charge in [0.05, 0.1) is 6.54 Å². The number of anilines is 1. The van der Waals surface area contributed by atoms with Crippen molar-refractivity contribution >= 4 is 28.8 Å². The van der Waals surface area contributed by atoms with Gasteiger partial charge in [-0.05, 0) is 55.0 Å². The highest BCUT2D eigenvalue weighted by molar-refractivity contribution is 7.10. The summed E-state index contributed by atoms with van der Waals surface area (Å²) in [7, 11) is 1.79. The van der Waals surface area contributed by atoms with Gasteiger partial charge < -0.3 is 15.0 Å². The molecular formula is C19H22N2O3S. The second kappa shape index (κ2) is 7.80. The van der Waals surface area contributed by atoms with Crippen LogP contribution in [0.25, 0.3) is 0 Å². The standard InChI is InChI=1S/C19H22N2O3S/c1-13-8-10-25-17(13)12-21(2)19(23)14-5-3-6-15(11-14)20-18(22)16-7-4-9-24-16/h3,5-6,8,10-11,16H,4,7,9,12H2,1-2H3,(H,20,22). The van der Waals surface area contributed by atoms with Gasteiger partial charge >= 0.3 is 0 Å². The minimum Gasteiger partial charge on any atom is -0.368 e. The average molecular weight is 358 g/mol. The Labute approximate surface area is 151 Å². The molecule has 1 aliphatic heterocycles. The van der Waals surface area contributed by atoms with Crippen LogP contribution in [0.4, 0.5) is 5.69 Å². The van der Waals surface area contributed by atoms with Crippen molar-refractivity contribution in [2.75, 3.05) is 19.0 Å². The molecule has 1 aliphatic rings. The van der Waals surface area contributed by atoms with E-state index in [1.165, 1.54) is 10.4 Å². The third-order valence-electron chi connectivity index (χ3n) is 4.29. The number of thiophene rings is 1. The SMILES string of the molecule is Cc1ccsc1CN(C)C(=O)c1cccc(NC(=O)C2CCCO2)c1. The number of carbonyl (C=O) groups excluding carboxylic acids is 2. The highest BCUT2D eigenvalue weighted by Gasteiger charge is 2.23. The molecule has 1 N–H and O–H groups in total. The molecule has 132 valence electrons. The lowest BCUT2D eigenvalue weighted by Gasteiger charge is -2.18. The molecule has 1 unspecified atom stereocenters. The number of nitrogens with zero attached hydrogens (tertiary/aromatic N) is 1. The van der Waals surface area contributed by atoms with E-state index in [1.54, 1.807) is 47.5 Å². The Morgan fingerprint density at radius 2 is 2.20 bits per heavy atom. The molecular weight excluding hydrogens is 336 g/mol. The minimum absolute atomic E-state index is 0.0685. The summed E-state index contributed by atoms with van der Waals surface area (Å²) in [6.07, 6.45) is 1.26. The van der Waals surface area contributed by atoms with Crippen LogP contribution in [-0.4, -0.2) is 36.5 Å². The van der Waals surface area contributed by atoms with Gasteiger partial charge in [-0.2, -0.15) is 0 Å². The van der Waals surface area contributed by atoms with Gasteiger partial charge in [-0.3, -0.25) is 9.59 Å². The first kappa shape index (κ1) is 17.6. The number of aryl methyl sites for hydroxylation is 1. The predicted molar refractivity (Wildman–Crippen MR) is 98.9 cm³/mol. The normalized spacial score (nSPS) is 16.6. The van der Waals surface area contributed by atoms with E-state index in [1.807, 2.05) is 12.3 Å². The van der Waals surface area contributed by atoms with E-state index in [2.05, 4.69) is 11.4 Å². The molecule has 1 fully saturated rings. The lowest BCUT2D eigenvalue weighted by atomic mass is 10.1. The fourth-order valence-electron chi connectivity index (χ4n) is 2.81. The number of hydrogen-bond donors (Lipinski definition) is 1. The van der Waals surface area contributed by atoms with Gasteiger partial charge in [0.15, 0.2) is 0 Å². The molecule has 25 heavy (non-hydrogen) atoms. The van der Waals surface area contributed by atoms with E-state index >= 15 is 0 Å². The van der Waals surface area contributed by atoms with Gasteiger partial charge in [-0.25, -0.2) is 0 Å². The fourth-order valence-corrected chi connectivity index (χ4v) is 3.77. The lowest BCUT2D eigenvalue weighted by molar-refractivity contribution is -0.124. The van der Waals surface area contributed by atoms with Crippen LogP contribution in [0.5, 0.6) is 0 Å². The molecule has 0 aliphatic carbocycles. The maximum absolute atomic E-state index is 12.7. The molecule has 0 spiro atoms. The molecule has 5 nitrogen and oxygen atoms in total. The van der Waals surface area contributed by atoms with Crippen LogP contribution in [0.3, 0.4) is 0 Å². The van der Waals surface area contributed by atoms with Crippen LogP contribution >= 0.6 is 11.3 Å². The van der Waals surface area contributed by atoms with E-state index in [9.17, 15) is 9.59 Å². The Kier molecular flexibility index (Phi) is 5.50. The number of carbonyl (C=O) groups is 2. The fraction of sp³-hybridized carbons (Fsp3) is 0.368. The topological polar surface area (TPSA) is 58.6 Å². The van der Waals surface area contributed by atoms with Crippen LogP contribution in [0.1, 0.15) is 33.6 Å². The van der Waals surface area contributed by atoms with Crippen molar-refractivity contribution in [1.29, 1.82) is 0 Å². The first-order valence-corrected chi connectivity index (χ1v) is 9.23. The molecule has 2 aromatic rings. The molecule has 2 amide bonds. The van der Waals surface area contributed by atoms with E-state index in [0.29, 0.717) is 24.4 Å². The Bertz CT molecular complexity index is 766. The number of amides is 2. The van der Waals surface area contributed by atoms with Crippen molar-refractivity contribution in [3.8, 4) is 0 Å². The Hall–Kier alpha value is -2.18. The maximum Gasteiger partial charge on any atom is 0.253 e. The number of rotatable bonds is 5. The van der Waals surface area contributed by atoms with Gasteiger partial charge in [0.1, 0.15) is 6.10 Å². The quantitative estimate of drug-likeness (QED) is 0.891. The van der Waals surface area contributed by atoms with Gasteiger partial charge in [0, 0.05) is 29.8 Å². The first-order valence-electron chi connectivity index (χ1n) is 8.35. The molecule has 2 heterocycles. The summed E-state index contributed by atoms with van der Waals surface area (Å²) in [6.45, 7) is 3.25. The van der Waals surface area contributed by atoms with Crippen LogP contribution in [0, 0.1) is 6.92 Å². The summed E-state index contributed by atoms with van der Waals surface area (Å²) >= 11 is 1.65. The molecule has 1 atom stereocenters. The van der Waals surface area contributed by atoms with Crippen molar-refractivity contribution in [1.82, 2.24) is 4.90 Å². The summed E-state index contributed by atoms with van der Waals surface area (Å²) in [6, 6.07) is 9.10. The minimum atomic E-state index is -0.385. The average Bonchev–Trinajstić information content (AvgIpc) is 3.27. The molecule has 6 heteroatoms. The smallest absolute Gasteiger partial charge is 0.253 e. The largest absolute Gasteiger partial charge is 0.368 e. The van der Waals surface area contributed by atoms with Gasteiger partial charge in [0.25, 0.3) is 11.8 Å². The number of nitrogens with one attached hydrogen (secondary N) is 1. The Morgan fingerprint density at radius 3 is 2.88 bits per heavy atom. The number of hydrogen-bond acceptors (Lipinski definition) is 4. The van der Waals surface area contributed by atoms with Gasteiger partial charge in [0.2, 0.25) is 0 Å². The van der Waals surface area contributed by atoms with Crippen molar-refractivity contribution < 1.29 is 14.3 Å². The van der Waals surface area contributed by atoms with Gasteiger partial charge in [-0.15, -0.1) is 11.3 Å². The predicted octanol–water partition coefficient (Wildman–Crippen LogP) is 3.45. The van der Waals surface area contributed by atoms with Crippen molar-refractivity contribution in [2.45, 2.75) is 32.4 Å². The summed E-state index contributed by atoms with van der Waals surface area (Å²) in [4.78, 5) is 27.7. The molecule has 1 saturated heterocycles. The highest BCUT2D eigenvalue weighted by Crippen LogP contribution is 2.20. The zero-order chi connectivity index (χ0) is 17.8. The van der Waals surface area contributed by atoms with E-state index in [4.69, 9.17) is 4.74 Å². The van der Waals surface area contributed by atoms with Crippen LogP contribution in [0.15, 0.2) is 35.7 Å². The first-order chi connectivity index (χ1) is 12.0. The number of benzene rings is 1. The summed E-state index contributed by atoms with van der Waals surface area (Å²) in [5, 5.41) is 4.87. The third-order valence-corrected chi connectivity index (χ3v) is 5.30. The summed E-state index contributed by atoms with van der Waals surface area (Å²) in [5.41, 5.74) is 2.37. The van der Waals surface area contributed by atoms with Crippen LogP contribution in [0.2, 0.25) is 0 Å². The van der Waals surface area contributed by atoms with Crippen molar-refractivity contribution in [3.63, 3.8) is 0 Å². The number of ether oxygens (including phenoxy) is 1. The maximum atomic E-state index is 12.7. The molecule has 0 radical (unpaired) electrons. The van der Waals surface area contributed by atoms with Crippen LogP contribution < -0.4 is 5.32 Å². The summed E-state index contributed by atoms with van der Waals surface area (Å²) in [5.74, 6) is -0.217. The Balaban J connectivity index is 1.66. The van der Waals surface area contributed by atoms with E-state index in [0.717, 1.165) is 12.8 Å². The molecule has 3 rings (SSSR count). The van der Waals surface area contributed by atoms with Crippen LogP contribution in [-0.2, 0) is 16.1 Å². The molecule has 1 aromatic heterocycles. The highest BCUT2D eigenvalue weighted by atomic mass is 32.1. The second-order valence-electron chi connectivity index (χ2n) is 6.26. The van der Waals surface area contributed by atoms with Gasteiger partial charge in [-0.1, -0.05) is 6.07 Å². The Morgan fingerprint density at radius 1 is 1.36 bits per heavy atom. The summed E-state index contributed by atoms with van der Waals surface area (Å²) < 4.78 is 5.39. The molecule has 0 saturated carbocycles. The lowest BCUT2D eigenvalue weighted by Crippen LogP contribution is -2.28. The molecule has 0 bridgehead atoms. The van der Waals surface area contributed by atoms with E-state index in [-0.39, 0.29) is 17.9 Å². The zero-order valence-corrected chi connectivity index (χ0v) is 15.3. The third kappa shape index (κ3) is 4.27.